The summed E-state index contributed by atoms with van der Waals surface area (Å²) in [5.74, 6) is 3.88. The highest BCUT2D eigenvalue weighted by Gasteiger charge is 2.40. The summed E-state index contributed by atoms with van der Waals surface area (Å²) in [6.07, 6.45) is 10.6. The zero-order valence-electron chi connectivity index (χ0n) is 26.3. The molecule has 0 spiro atoms. The summed E-state index contributed by atoms with van der Waals surface area (Å²) < 4.78 is 5.35. The Balaban J connectivity index is 1.04. The predicted molar refractivity (Wildman–Crippen MR) is 179 cm³/mol. The van der Waals surface area contributed by atoms with Gasteiger partial charge in [-0.2, -0.15) is 0 Å². The van der Waals surface area contributed by atoms with E-state index in [1.54, 1.807) is 7.11 Å². The zero-order chi connectivity index (χ0) is 29.8. The topological polar surface area (TPSA) is 29.5 Å². The molecule has 0 bridgehead atoms. The van der Waals surface area contributed by atoms with Crippen LogP contribution in [0.25, 0.3) is 22.3 Å². The average molecular weight is 573 g/mol. The van der Waals surface area contributed by atoms with E-state index in [0.29, 0.717) is 17.3 Å². The van der Waals surface area contributed by atoms with Crippen LogP contribution in [-0.2, 0) is 6.61 Å². The summed E-state index contributed by atoms with van der Waals surface area (Å²) in [5, 5.41) is 9.39. The van der Waals surface area contributed by atoms with Crippen molar-refractivity contribution in [2.45, 2.75) is 83.7 Å². The molecule has 0 saturated heterocycles. The van der Waals surface area contributed by atoms with Crippen molar-refractivity contribution in [3.05, 3.63) is 114 Å². The van der Waals surface area contributed by atoms with E-state index in [-0.39, 0.29) is 6.61 Å². The lowest BCUT2D eigenvalue weighted by Crippen LogP contribution is -2.36. The summed E-state index contributed by atoms with van der Waals surface area (Å²) in [6, 6.07) is 35.2. The van der Waals surface area contributed by atoms with E-state index in [1.165, 1.54) is 84.7 Å². The van der Waals surface area contributed by atoms with Gasteiger partial charge in [-0.05, 0) is 132 Å². The first kappa shape index (κ1) is 29.7. The molecule has 4 aromatic carbocycles. The highest BCUT2D eigenvalue weighted by molar-refractivity contribution is 5.66. The molecule has 0 radical (unpaired) electrons. The number of rotatable bonds is 8. The highest BCUT2D eigenvalue weighted by Crippen LogP contribution is 2.52. The van der Waals surface area contributed by atoms with Crippen LogP contribution in [0.5, 0.6) is 5.75 Å². The van der Waals surface area contributed by atoms with Gasteiger partial charge in [-0.25, -0.2) is 0 Å². The molecular formula is C41H48O2. The molecule has 2 aliphatic carbocycles. The normalized spacial score (nSPS) is 22.7. The monoisotopic (exact) mass is 572 g/mol. The van der Waals surface area contributed by atoms with Gasteiger partial charge in [0.1, 0.15) is 5.75 Å². The minimum absolute atomic E-state index is 0.0978. The highest BCUT2D eigenvalue weighted by atomic mass is 16.5. The SMILES string of the molecule is COc1ccc(-c2cccc(C3CCC(C(C)(C)C4CCC(c5cccc(-c6ccc(CO)cc6)c5)CC4)CC3)c2)cc1. The smallest absolute Gasteiger partial charge is 0.118 e. The molecule has 0 heterocycles. The van der Waals surface area contributed by atoms with Gasteiger partial charge in [0.2, 0.25) is 0 Å². The van der Waals surface area contributed by atoms with Crippen molar-refractivity contribution in [2.24, 2.45) is 17.3 Å². The van der Waals surface area contributed by atoms with Gasteiger partial charge in [0.15, 0.2) is 0 Å². The maximum atomic E-state index is 9.39. The van der Waals surface area contributed by atoms with Gasteiger partial charge < -0.3 is 9.84 Å². The van der Waals surface area contributed by atoms with Crippen molar-refractivity contribution in [3.63, 3.8) is 0 Å². The number of hydrogen-bond acceptors (Lipinski definition) is 2. The largest absolute Gasteiger partial charge is 0.497 e. The predicted octanol–water partition coefficient (Wildman–Crippen LogP) is 10.8. The Kier molecular flexibility index (Phi) is 9.05. The lowest BCUT2D eigenvalue weighted by molar-refractivity contribution is 0.0513. The van der Waals surface area contributed by atoms with E-state index < -0.39 is 0 Å². The van der Waals surface area contributed by atoms with Crippen LogP contribution in [0.2, 0.25) is 0 Å². The minimum Gasteiger partial charge on any atom is -0.497 e. The molecule has 0 aromatic heterocycles. The molecule has 43 heavy (non-hydrogen) atoms. The molecule has 2 aliphatic rings. The fourth-order valence-corrected chi connectivity index (χ4v) is 8.21. The Labute approximate surface area is 259 Å². The second-order valence-corrected chi connectivity index (χ2v) is 13.8. The Morgan fingerprint density at radius 1 is 0.581 bits per heavy atom. The summed E-state index contributed by atoms with van der Waals surface area (Å²) in [5.41, 5.74) is 9.47. The fraction of sp³-hybridized carbons (Fsp3) is 0.415. The lowest BCUT2D eigenvalue weighted by atomic mass is 9.58. The van der Waals surface area contributed by atoms with Crippen molar-refractivity contribution < 1.29 is 9.84 Å². The summed E-state index contributed by atoms with van der Waals surface area (Å²) in [7, 11) is 1.72. The molecule has 224 valence electrons. The lowest BCUT2D eigenvalue weighted by Gasteiger charge is -2.47. The van der Waals surface area contributed by atoms with E-state index in [9.17, 15) is 5.11 Å². The molecule has 2 heteroatoms. The van der Waals surface area contributed by atoms with Gasteiger partial charge in [-0.3, -0.25) is 0 Å². The van der Waals surface area contributed by atoms with Crippen molar-refractivity contribution in [2.75, 3.05) is 7.11 Å². The molecule has 0 amide bonds. The van der Waals surface area contributed by atoms with Crippen LogP contribution in [0, 0.1) is 17.3 Å². The molecular weight excluding hydrogens is 524 g/mol. The number of hydrogen-bond donors (Lipinski definition) is 1. The number of ether oxygens (including phenoxy) is 1. The van der Waals surface area contributed by atoms with Gasteiger partial charge in [0, 0.05) is 0 Å². The third-order valence-corrected chi connectivity index (χ3v) is 11.2. The standard InChI is InChI=1S/C41H48O2/c1-41(2,38-20-14-31(15-21-38)35-7-4-6-34(26-35)30-12-10-29(28-42)11-13-30)39-22-16-32(17-23-39)36-8-5-9-37(27-36)33-18-24-40(43-3)25-19-33/h4-13,18-19,24-27,31-32,38-39,42H,14-17,20-23,28H2,1-3H3. The second kappa shape index (κ2) is 13.1. The summed E-state index contributed by atoms with van der Waals surface area (Å²) in [6.45, 7) is 5.27. The minimum atomic E-state index is 0.0978. The molecule has 0 aliphatic heterocycles. The van der Waals surface area contributed by atoms with Gasteiger partial charge >= 0.3 is 0 Å². The Morgan fingerprint density at radius 3 is 1.44 bits per heavy atom. The van der Waals surface area contributed by atoms with Crippen molar-refractivity contribution in [1.82, 2.24) is 0 Å². The van der Waals surface area contributed by atoms with Crippen molar-refractivity contribution in [1.29, 1.82) is 0 Å². The van der Waals surface area contributed by atoms with Gasteiger partial charge in [-0.1, -0.05) is 98.8 Å². The van der Waals surface area contributed by atoms with Crippen LogP contribution in [0.4, 0.5) is 0 Å². The first-order valence-electron chi connectivity index (χ1n) is 16.5. The number of methoxy groups -OCH3 is 1. The molecule has 6 rings (SSSR count). The van der Waals surface area contributed by atoms with Crippen molar-refractivity contribution >= 4 is 0 Å². The van der Waals surface area contributed by atoms with E-state index in [1.807, 2.05) is 12.1 Å². The van der Waals surface area contributed by atoms with E-state index in [4.69, 9.17) is 4.74 Å². The Hall–Kier alpha value is -3.36. The number of benzene rings is 4. The first-order chi connectivity index (χ1) is 20.9. The molecule has 0 unspecified atom stereocenters. The number of aliphatic hydroxyl groups is 1. The van der Waals surface area contributed by atoms with Crippen LogP contribution >= 0.6 is 0 Å². The van der Waals surface area contributed by atoms with E-state index in [2.05, 4.69) is 98.8 Å². The Bertz CT molecular complexity index is 1350. The number of aliphatic hydroxyl groups excluding tert-OH is 1. The third-order valence-electron chi connectivity index (χ3n) is 11.2. The van der Waals surface area contributed by atoms with Gasteiger partial charge in [0.05, 0.1) is 13.7 Å². The Morgan fingerprint density at radius 2 is 1.02 bits per heavy atom. The molecule has 4 aromatic rings. The van der Waals surface area contributed by atoms with Crippen LogP contribution in [0.1, 0.15) is 93.7 Å². The molecule has 2 nitrogen and oxygen atoms in total. The van der Waals surface area contributed by atoms with E-state index >= 15 is 0 Å². The maximum absolute atomic E-state index is 9.39. The maximum Gasteiger partial charge on any atom is 0.118 e. The fourth-order valence-electron chi connectivity index (χ4n) is 8.21. The second-order valence-electron chi connectivity index (χ2n) is 13.8. The third kappa shape index (κ3) is 6.60. The average Bonchev–Trinajstić information content (AvgIpc) is 3.08. The quantitative estimate of drug-likeness (QED) is 0.228. The summed E-state index contributed by atoms with van der Waals surface area (Å²) >= 11 is 0. The first-order valence-corrected chi connectivity index (χ1v) is 16.5. The molecule has 2 fully saturated rings. The van der Waals surface area contributed by atoms with Crippen LogP contribution in [0.15, 0.2) is 97.1 Å². The van der Waals surface area contributed by atoms with Crippen LogP contribution < -0.4 is 4.74 Å². The van der Waals surface area contributed by atoms with Gasteiger partial charge in [0.25, 0.3) is 0 Å². The zero-order valence-corrected chi connectivity index (χ0v) is 26.3. The van der Waals surface area contributed by atoms with Crippen LogP contribution in [-0.4, -0.2) is 12.2 Å². The summed E-state index contributed by atoms with van der Waals surface area (Å²) in [4.78, 5) is 0. The van der Waals surface area contributed by atoms with Crippen LogP contribution in [0.3, 0.4) is 0 Å². The molecule has 0 atom stereocenters. The van der Waals surface area contributed by atoms with E-state index in [0.717, 1.165) is 23.1 Å². The van der Waals surface area contributed by atoms with Gasteiger partial charge in [-0.15, -0.1) is 0 Å². The van der Waals surface area contributed by atoms with Crippen molar-refractivity contribution in [3.8, 4) is 28.0 Å². The molecule has 1 N–H and O–H groups in total. The molecule has 2 saturated carbocycles.